The van der Waals surface area contributed by atoms with E-state index in [1.807, 2.05) is 0 Å². The molecule has 0 saturated heterocycles. The number of aliphatic hydroxyl groups is 1. The van der Waals surface area contributed by atoms with Crippen LogP contribution in [0.4, 0.5) is 4.39 Å². The van der Waals surface area contributed by atoms with Crippen molar-refractivity contribution in [3.8, 4) is 0 Å². The van der Waals surface area contributed by atoms with Gasteiger partial charge in [0.15, 0.2) is 5.78 Å². The first-order valence-electron chi connectivity index (χ1n) is 3.57. The molecule has 0 saturated carbocycles. The van der Waals surface area contributed by atoms with Crippen LogP contribution in [-0.2, 0) is 6.67 Å². The predicted molar refractivity (Wildman–Crippen MR) is 42.7 cm³/mol. The van der Waals surface area contributed by atoms with Crippen LogP contribution in [0.3, 0.4) is 0 Å². The summed E-state index contributed by atoms with van der Waals surface area (Å²) in [5.74, 6) is -0.347. The molecule has 0 radical (unpaired) electrons. The van der Waals surface area contributed by atoms with Gasteiger partial charge in [-0.1, -0.05) is 24.3 Å². The molecule has 0 aliphatic heterocycles. The average molecular weight is 167 g/mol. The second-order valence-corrected chi connectivity index (χ2v) is 2.41. The molecule has 1 aromatic carbocycles. The summed E-state index contributed by atoms with van der Waals surface area (Å²) in [5, 5.41) is 8.49. The fourth-order valence-electron chi connectivity index (χ4n) is 0.871. The van der Waals surface area contributed by atoms with Crippen molar-refractivity contribution in [2.45, 2.75) is 6.67 Å². The van der Waals surface area contributed by atoms with Crippen LogP contribution in [-0.4, -0.2) is 17.5 Å². The number of halogens is 1. The zero-order valence-corrected chi connectivity index (χ0v) is 6.46. The maximum atomic E-state index is 12.0. The monoisotopic (exact) mass is 167 g/mol. The molecule has 0 unspecified atom stereocenters. The van der Waals surface area contributed by atoms with Crippen LogP contribution in [0.1, 0.15) is 15.9 Å². The van der Waals surface area contributed by atoms with Crippen molar-refractivity contribution in [3.63, 3.8) is 0 Å². The van der Waals surface area contributed by atoms with Crippen LogP contribution in [0.5, 0.6) is 0 Å². The van der Waals surface area contributed by atoms with Crippen LogP contribution in [0.15, 0.2) is 24.3 Å². The summed E-state index contributed by atoms with van der Waals surface area (Å²) in [6.07, 6.45) is 0. The highest BCUT2D eigenvalue weighted by Gasteiger charge is 2.02. The van der Waals surface area contributed by atoms with Crippen molar-refractivity contribution >= 4 is 5.78 Å². The van der Waals surface area contributed by atoms with Crippen LogP contribution in [0, 0.1) is 0 Å². The summed E-state index contributed by atoms with van der Waals surface area (Å²) in [4.78, 5) is 10.9. The van der Waals surface area contributed by atoms with Gasteiger partial charge in [-0.25, -0.2) is 4.39 Å². The Hall–Kier alpha value is -1.22. The number of Topliss-reactive ketones (excluding diaryl/α,β-unsaturated/α-hetero) is 1. The maximum Gasteiger partial charge on any atom is 0.188 e. The third kappa shape index (κ3) is 1.89. The Morgan fingerprint density at radius 3 is 2.33 bits per heavy atom. The van der Waals surface area contributed by atoms with E-state index in [-0.39, 0.29) is 5.78 Å². The molecule has 1 aromatic rings. The molecule has 0 aromatic heterocycles. The lowest BCUT2D eigenvalue weighted by molar-refractivity contribution is 0.0903. The fraction of sp³-hybridized carbons (Fsp3) is 0.222. The van der Waals surface area contributed by atoms with Crippen LogP contribution in [0.2, 0.25) is 0 Å². The molecule has 0 spiro atoms. The minimum absolute atomic E-state index is 0.347. The summed E-state index contributed by atoms with van der Waals surface area (Å²) in [6, 6.07) is 6.08. The number of ketones is 1. The molecule has 0 aliphatic rings. The second kappa shape index (κ2) is 3.97. The van der Waals surface area contributed by atoms with Gasteiger partial charge in [-0.3, -0.25) is 4.79 Å². The van der Waals surface area contributed by atoms with E-state index in [0.717, 1.165) is 0 Å². The minimum Gasteiger partial charge on any atom is -0.388 e. The van der Waals surface area contributed by atoms with Crippen molar-refractivity contribution in [2.75, 3.05) is 6.61 Å². The third-order valence-corrected chi connectivity index (χ3v) is 1.57. The maximum absolute atomic E-state index is 12.0. The first kappa shape index (κ1) is 8.87. The number of carbonyl (C=O) groups is 1. The molecule has 2 nitrogen and oxygen atoms in total. The molecule has 0 aliphatic carbocycles. The van der Waals surface area contributed by atoms with E-state index in [9.17, 15) is 9.18 Å². The van der Waals surface area contributed by atoms with Crippen LogP contribution >= 0.6 is 0 Å². The number of hydrogen-bond acceptors (Lipinski definition) is 2. The number of hydrogen-bond donors (Lipinski definition) is 1. The van der Waals surface area contributed by atoms with E-state index in [0.29, 0.717) is 11.1 Å². The average Bonchev–Trinajstić information content (AvgIpc) is 2.17. The van der Waals surface area contributed by atoms with Gasteiger partial charge in [0.25, 0.3) is 0 Å². The quantitative estimate of drug-likeness (QED) is 0.689. The summed E-state index contributed by atoms with van der Waals surface area (Å²) in [7, 11) is 0. The van der Waals surface area contributed by atoms with Gasteiger partial charge >= 0.3 is 0 Å². The normalized spacial score (nSPS) is 9.83. The van der Waals surface area contributed by atoms with E-state index >= 15 is 0 Å². The van der Waals surface area contributed by atoms with Crippen molar-refractivity contribution in [2.24, 2.45) is 0 Å². The van der Waals surface area contributed by atoms with Crippen molar-refractivity contribution < 1.29 is 14.3 Å². The van der Waals surface area contributed by atoms with Crippen LogP contribution in [0.25, 0.3) is 0 Å². The van der Waals surface area contributed by atoms with Gasteiger partial charge in [0.05, 0.1) is 0 Å². The first-order chi connectivity index (χ1) is 5.77. The molecule has 12 heavy (non-hydrogen) atoms. The molecule has 64 valence electrons. The SMILES string of the molecule is O=C(CO)c1ccc(C[18F])cc1. The molecule has 0 bridgehead atoms. The molecule has 1 rings (SSSR count). The number of rotatable bonds is 3. The summed E-state index contributed by atoms with van der Waals surface area (Å²) < 4.78 is 12.0. The molecule has 0 amide bonds. The molecule has 0 heterocycles. The largest absolute Gasteiger partial charge is 0.388 e. The van der Waals surface area contributed by atoms with Gasteiger partial charge in [-0.15, -0.1) is 0 Å². The van der Waals surface area contributed by atoms with E-state index in [1.165, 1.54) is 24.3 Å². The van der Waals surface area contributed by atoms with Crippen molar-refractivity contribution in [3.05, 3.63) is 35.4 Å². The predicted octanol–water partition coefficient (Wildman–Crippen LogP) is 1.33. The summed E-state index contributed by atoms with van der Waals surface area (Å²) in [6.45, 7) is -1.04. The zero-order valence-electron chi connectivity index (χ0n) is 6.46. The summed E-state index contributed by atoms with van der Waals surface area (Å²) in [5.41, 5.74) is 0.944. The van der Waals surface area contributed by atoms with E-state index in [2.05, 4.69) is 0 Å². The second-order valence-electron chi connectivity index (χ2n) is 2.41. The Morgan fingerprint density at radius 2 is 1.92 bits per heavy atom. The fourth-order valence-corrected chi connectivity index (χ4v) is 0.871. The van der Waals surface area contributed by atoms with Gasteiger partial charge in [-0.05, 0) is 5.56 Å². The molecule has 0 fully saturated rings. The van der Waals surface area contributed by atoms with E-state index in [4.69, 9.17) is 5.11 Å². The number of carbonyl (C=O) groups excluding carboxylic acids is 1. The lowest BCUT2D eigenvalue weighted by atomic mass is 10.1. The van der Waals surface area contributed by atoms with Crippen molar-refractivity contribution in [1.29, 1.82) is 0 Å². The third-order valence-electron chi connectivity index (χ3n) is 1.57. The number of benzene rings is 1. The van der Waals surface area contributed by atoms with Gasteiger partial charge in [0.1, 0.15) is 13.3 Å². The summed E-state index contributed by atoms with van der Waals surface area (Å²) >= 11 is 0. The van der Waals surface area contributed by atoms with E-state index < -0.39 is 13.3 Å². The molecular weight excluding hydrogens is 158 g/mol. The Morgan fingerprint density at radius 1 is 1.33 bits per heavy atom. The van der Waals surface area contributed by atoms with Crippen LogP contribution < -0.4 is 0 Å². The molecular formula is C9H9FO2. The zero-order chi connectivity index (χ0) is 8.97. The van der Waals surface area contributed by atoms with Gasteiger partial charge < -0.3 is 5.11 Å². The number of aliphatic hydroxyl groups excluding tert-OH is 1. The smallest absolute Gasteiger partial charge is 0.188 e. The Labute approximate surface area is 69.6 Å². The lowest BCUT2D eigenvalue weighted by Gasteiger charge is -1.97. The standard InChI is InChI=1S/C9H9FO2/c10-5-7-1-3-8(4-2-7)9(12)6-11/h1-4,11H,5-6H2/i10-1. The number of alkyl halides is 1. The van der Waals surface area contributed by atoms with E-state index in [1.54, 1.807) is 0 Å². The molecule has 3 heteroatoms. The molecule has 1 N–H and O–H groups in total. The topological polar surface area (TPSA) is 37.3 Å². The Balaban J connectivity index is 2.84. The van der Waals surface area contributed by atoms with Crippen molar-refractivity contribution in [1.82, 2.24) is 0 Å². The van der Waals surface area contributed by atoms with Gasteiger partial charge in [0, 0.05) is 5.56 Å². The first-order valence-corrected chi connectivity index (χ1v) is 3.57. The Bertz CT molecular complexity index is 266. The lowest BCUT2D eigenvalue weighted by Crippen LogP contribution is -2.03. The highest BCUT2D eigenvalue weighted by molar-refractivity contribution is 5.96. The minimum atomic E-state index is -0.534. The van der Waals surface area contributed by atoms with Gasteiger partial charge in [0.2, 0.25) is 0 Å². The van der Waals surface area contributed by atoms with Gasteiger partial charge in [-0.2, -0.15) is 0 Å². The highest BCUT2D eigenvalue weighted by Crippen LogP contribution is 2.05. The highest BCUT2D eigenvalue weighted by atomic mass is 18.2. The Kier molecular flexibility index (Phi) is 2.94. The molecule has 0 atom stereocenters.